The van der Waals surface area contributed by atoms with E-state index in [0.717, 1.165) is 23.7 Å². The first kappa shape index (κ1) is 17.5. The van der Waals surface area contributed by atoms with Gasteiger partial charge in [0.2, 0.25) is 5.43 Å². The van der Waals surface area contributed by atoms with Gasteiger partial charge < -0.3 is 15.2 Å². The van der Waals surface area contributed by atoms with Gasteiger partial charge in [-0.15, -0.1) is 0 Å². The fourth-order valence-electron chi connectivity index (χ4n) is 3.04. The first-order valence-corrected chi connectivity index (χ1v) is 8.77. The number of rotatable bonds is 4. The number of hydroxylamine groups is 1. The fourth-order valence-corrected chi connectivity index (χ4v) is 3.66. The molecule has 0 aliphatic carbocycles. The summed E-state index contributed by atoms with van der Waals surface area (Å²) in [5, 5.41) is 18.1. The molecule has 1 aliphatic heterocycles. The first-order chi connectivity index (χ1) is 12.9. The zero-order valence-corrected chi connectivity index (χ0v) is 14.8. The quantitative estimate of drug-likeness (QED) is 0.567. The molecular formula is C16H14FN5O4S. The molecule has 0 spiro atoms. The molecule has 0 saturated carbocycles. The van der Waals surface area contributed by atoms with Crippen molar-refractivity contribution in [1.82, 2.24) is 20.0 Å². The molecule has 4 heterocycles. The maximum Gasteiger partial charge on any atom is 0.341 e. The van der Waals surface area contributed by atoms with Crippen LogP contribution in [0, 0.1) is 12.1 Å². The van der Waals surface area contributed by atoms with Crippen molar-refractivity contribution in [3.63, 3.8) is 0 Å². The lowest BCUT2D eigenvalue weighted by atomic mass is 10.1. The van der Waals surface area contributed by atoms with E-state index in [2.05, 4.69) is 15.4 Å². The van der Waals surface area contributed by atoms with Crippen molar-refractivity contribution in [3.8, 4) is 5.13 Å². The largest absolute Gasteiger partial charge is 0.477 e. The Balaban J connectivity index is 1.98. The summed E-state index contributed by atoms with van der Waals surface area (Å²) in [5.74, 6) is -0.810. The second-order valence-corrected chi connectivity index (χ2v) is 7.18. The number of carbonyl (C=O) groups is 1. The molecule has 0 radical (unpaired) electrons. The molecule has 3 aromatic heterocycles. The predicted molar refractivity (Wildman–Crippen MR) is 95.6 cm³/mol. The van der Waals surface area contributed by atoms with Gasteiger partial charge in [0.1, 0.15) is 11.4 Å². The summed E-state index contributed by atoms with van der Waals surface area (Å²) in [6.07, 6.45) is 2.14. The second kappa shape index (κ2) is 6.37. The molecule has 140 valence electrons. The Hall–Kier alpha value is -2.89. The summed E-state index contributed by atoms with van der Waals surface area (Å²) < 4.78 is 14.8. The second-order valence-electron chi connectivity index (χ2n) is 6.22. The van der Waals surface area contributed by atoms with Crippen LogP contribution < -0.4 is 15.8 Å². The van der Waals surface area contributed by atoms with Crippen molar-refractivity contribution in [1.29, 1.82) is 0 Å². The first-order valence-electron chi connectivity index (χ1n) is 7.95. The third kappa shape index (κ3) is 2.85. The number of carboxylic acids is 1. The standard InChI is InChI=1S/C16H14FN5O4S/c1-7-2-11(21-4-8(5-21)20-26)19-14-12(7)13(23)9(15(24)25)6-22(14)16-18-3-10(17)27-16/h2-3,6,8,20,26H,4-5H2,1H3,(H,24,25). The Bertz CT molecular complexity index is 1120. The van der Waals surface area contributed by atoms with Gasteiger partial charge in [-0.25, -0.2) is 14.8 Å². The van der Waals surface area contributed by atoms with Crippen LogP contribution in [-0.4, -0.2) is 49.9 Å². The highest BCUT2D eigenvalue weighted by Gasteiger charge is 2.28. The van der Waals surface area contributed by atoms with Crippen molar-refractivity contribution in [2.75, 3.05) is 18.0 Å². The van der Waals surface area contributed by atoms with Crippen LogP contribution in [0.2, 0.25) is 0 Å². The van der Waals surface area contributed by atoms with E-state index in [1.165, 1.54) is 4.57 Å². The van der Waals surface area contributed by atoms with E-state index in [-0.39, 0.29) is 22.2 Å². The third-order valence-corrected chi connectivity index (χ3v) is 5.22. The molecule has 4 rings (SSSR count). The van der Waals surface area contributed by atoms with Gasteiger partial charge in [-0.2, -0.15) is 9.87 Å². The summed E-state index contributed by atoms with van der Waals surface area (Å²) in [4.78, 5) is 34.5. The van der Waals surface area contributed by atoms with Gasteiger partial charge in [0, 0.05) is 19.3 Å². The molecule has 9 nitrogen and oxygen atoms in total. The van der Waals surface area contributed by atoms with Crippen LogP contribution in [0.3, 0.4) is 0 Å². The van der Waals surface area contributed by atoms with Crippen molar-refractivity contribution in [2.24, 2.45) is 0 Å². The van der Waals surface area contributed by atoms with Crippen LogP contribution >= 0.6 is 11.3 Å². The van der Waals surface area contributed by atoms with E-state index in [0.29, 0.717) is 24.5 Å². The van der Waals surface area contributed by atoms with Gasteiger partial charge in [-0.05, 0) is 18.6 Å². The highest BCUT2D eigenvalue weighted by molar-refractivity contribution is 7.12. The average molecular weight is 391 g/mol. The molecule has 27 heavy (non-hydrogen) atoms. The highest BCUT2D eigenvalue weighted by atomic mass is 32.1. The van der Waals surface area contributed by atoms with E-state index in [4.69, 9.17) is 5.21 Å². The molecule has 1 saturated heterocycles. The summed E-state index contributed by atoms with van der Waals surface area (Å²) in [7, 11) is 0. The van der Waals surface area contributed by atoms with Crippen LogP contribution in [0.5, 0.6) is 0 Å². The fraction of sp³-hybridized carbons (Fsp3) is 0.250. The molecule has 11 heteroatoms. The summed E-state index contributed by atoms with van der Waals surface area (Å²) in [5.41, 5.74) is 1.84. The maximum atomic E-state index is 13.5. The monoisotopic (exact) mass is 391 g/mol. The Morgan fingerprint density at radius 3 is 2.78 bits per heavy atom. The summed E-state index contributed by atoms with van der Waals surface area (Å²) in [6.45, 7) is 2.74. The Kier molecular flexibility index (Phi) is 4.13. The smallest absolute Gasteiger partial charge is 0.341 e. The van der Waals surface area contributed by atoms with Crippen LogP contribution in [-0.2, 0) is 0 Å². The van der Waals surface area contributed by atoms with E-state index >= 15 is 0 Å². The van der Waals surface area contributed by atoms with E-state index < -0.39 is 22.1 Å². The average Bonchev–Trinajstić information content (AvgIpc) is 2.99. The molecule has 0 bridgehead atoms. The van der Waals surface area contributed by atoms with Gasteiger partial charge in [-0.1, -0.05) is 11.3 Å². The number of nitrogens with one attached hydrogen (secondary N) is 1. The Morgan fingerprint density at radius 2 is 2.19 bits per heavy atom. The van der Waals surface area contributed by atoms with Gasteiger partial charge in [0.05, 0.1) is 17.6 Å². The van der Waals surface area contributed by atoms with Crippen LogP contribution in [0.25, 0.3) is 16.2 Å². The number of nitrogens with zero attached hydrogens (tertiary/aromatic N) is 4. The molecule has 1 fully saturated rings. The number of hydrogen-bond acceptors (Lipinski definition) is 8. The molecular weight excluding hydrogens is 377 g/mol. The zero-order valence-electron chi connectivity index (χ0n) is 14.0. The lowest BCUT2D eigenvalue weighted by Crippen LogP contribution is -2.57. The molecule has 0 unspecified atom stereocenters. The number of aryl methyl sites for hydroxylation is 1. The molecule has 0 amide bonds. The summed E-state index contributed by atoms with van der Waals surface area (Å²) >= 11 is 0.719. The number of thiazole rings is 1. The summed E-state index contributed by atoms with van der Waals surface area (Å²) in [6, 6.07) is 1.61. The van der Waals surface area contributed by atoms with Gasteiger partial charge >= 0.3 is 5.97 Å². The minimum Gasteiger partial charge on any atom is -0.477 e. The van der Waals surface area contributed by atoms with Crippen molar-refractivity contribution in [3.05, 3.63) is 44.9 Å². The van der Waals surface area contributed by atoms with Crippen LogP contribution in [0.4, 0.5) is 10.2 Å². The van der Waals surface area contributed by atoms with Crippen molar-refractivity contribution >= 4 is 34.2 Å². The predicted octanol–water partition coefficient (Wildman–Crippen LogP) is 1.16. The van der Waals surface area contributed by atoms with E-state index in [1.54, 1.807) is 13.0 Å². The topological polar surface area (TPSA) is 121 Å². The molecule has 1 aliphatic rings. The van der Waals surface area contributed by atoms with Crippen LogP contribution in [0.15, 0.2) is 23.3 Å². The van der Waals surface area contributed by atoms with Crippen LogP contribution in [0.1, 0.15) is 15.9 Å². The molecule has 0 atom stereocenters. The van der Waals surface area contributed by atoms with Crippen molar-refractivity contribution in [2.45, 2.75) is 13.0 Å². The number of aromatic nitrogens is 3. The van der Waals surface area contributed by atoms with E-state index in [1.807, 2.05) is 4.90 Å². The lowest BCUT2D eigenvalue weighted by Gasteiger charge is -2.39. The zero-order chi connectivity index (χ0) is 19.3. The third-order valence-electron chi connectivity index (χ3n) is 4.43. The Morgan fingerprint density at radius 1 is 1.44 bits per heavy atom. The SMILES string of the molecule is Cc1cc(N2CC(NO)C2)nc2c1c(=O)c(C(=O)O)cn2-c1ncc(F)s1. The molecule has 3 aromatic rings. The Labute approximate surface area is 155 Å². The number of hydrogen-bond donors (Lipinski definition) is 3. The number of fused-ring (bicyclic) bond motifs is 1. The molecule has 0 aromatic carbocycles. The number of halogens is 1. The van der Waals surface area contributed by atoms with Gasteiger partial charge in [-0.3, -0.25) is 9.36 Å². The number of carboxylic acid groups (broad SMARTS) is 1. The minimum atomic E-state index is -1.38. The maximum absolute atomic E-state index is 13.5. The normalized spacial score (nSPS) is 14.6. The van der Waals surface area contributed by atoms with Gasteiger partial charge in [0.15, 0.2) is 15.9 Å². The minimum absolute atomic E-state index is 0.0764. The van der Waals surface area contributed by atoms with Crippen molar-refractivity contribution < 1.29 is 19.5 Å². The molecule has 3 N–H and O–H groups in total. The van der Waals surface area contributed by atoms with E-state index in [9.17, 15) is 19.1 Å². The number of aromatic carboxylic acids is 1. The van der Waals surface area contributed by atoms with Gasteiger partial charge in [0.25, 0.3) is 0 Å². The number of pyridine rings is 2. The lowest BCUT2D eigenvalue weighted by molar-refractivity contribution is 0.0695. The number of anilines is 1. The highest BCUT2D eigenvalue weighted by Crippen LogP contribution is 2.27.